The zero-order valence-corrected chi connectivity index (χ0v) is 16.0. The van der Waals surface area contributed by atoms with Crippen LogP contribution < -0.4 is 5.32 Å². The molecule has 0 saturated heterocycles. The Kier molecular flexibility index (Phi) is 4.71. The van der Waals surface area contributed by atoms with Crippen molar-refractivity contribution in [3.63, 3.8) is 0 Å². The first kappa shape index (κ1) is 17.8. The summed E-state index contributed by atoms with van der Waals surface area (Å²) >= 11 is 0. The van der Waals surface area contributed by atoms with Crippen molar-refractivity contribution in [2.45, 2.75) is 57.2 Å². The number of pyridine rings is 1. The Morgan fingerprint density at radius 2 is 2.03 bits per heavy atom. The lowest BCUT2D eigenvalue weighted by molar-refractivity contribution is 0.138. The fraction of sp³-hybridized carbons (Fsp3) is 0.450. The van der Waals surface area contributed by atoms with Crippen LogP contribution in [0, 0.1) is 0 Å². The van der Waals surface area contributed by atoms with E-state index in [1.54, 1.807) is 23.6 Å². The van der Waals surface area contributed by atoms with E-state index in [0.29, 0.717) is 24.7 Å². The number of urea groups is 1. The van der Waals surface area contributed by atoms with E-state index in [-0.39, 0.29) is 18.1 Å². The fourth-order valence-electron chi connectivity index (χ4n) is 4.16. The average Bonchev–Trinajstić information content (AvgIpc) is 3.43. The highest BCUT2D eigenvalue weighted by atomic mass is 16.5. The van der Waals surface area contributed by atoms with Crippen LogP contribution in [0.4, 0.5) is 4.79 Å². The fourth-order valence-corrected chi connectivity index (χ4v) is 4.16. The van der Waals surface area contributed by atoms with Crippen molar-refractivity contribution in [2.24, 2.45) is 0 Å². The molecule has 29 heavy (non-hydrogen) atoms. The molecule has 150 valence electrons. The van der Waals surface area contributed by atoms with Gasteiger partial charge in [0, 0.05) is 30.4 Å². The summed E-state index contributed by atoms with van der Waals surface area (Å²) in [4.78, 5) is 31.0. The Bertz CT molecular complexity index is 978. The van der Waals surface area contributed by atoms with Crippen molar-refractivity contribution in [3.8, 4) is 11.4 Å². The molecule has 1 atom stereocenters. The van der Waals surface area contributed by atoms with Gasteiger partial charge in [-0.1, -0.05) is 24.4 Å². The molecule has 1 aliphatic carbocycles. The van der Waals surface area contributed by atoms with Gasteiger partial charge in [0.2, 0.25) is 11.7 Å². The van der Waals surface area contributed by atoms with Crippen LogP contribution in [-0.4, -0.2) is 42.1 Å². The number of amides is 2. The minimum atomic E-state index is -0.350. The normalized spacial score (nSPS) is 19.7. The first-order chi connectivity index (χ1) is 14.3. The van der Waals surface area contributed by atoms with Crippen LogP contribution in [0.15, 0.2) is 35.4 Å². The molecule has 2 aliphatic rings. The molecular formula is C20H23N7O2. The van der Waals surface area contributed by atoms with E-state index >= 15 is 0 Å². The molecule has 2 amide bonds. The van der Waals surface area contributed by atoms with Crippen molar-refractivity contribution < 1.29 is 9.32 Å². The number of H-pyrrole nitrogens is 1. The predicted octanol–water partition coefficient (Wildman–Crippen LogP) is 3.00. The minimum Gasteiger partial charge on any atom is -0.347 e. The van der Waals surface area contributed by atoms with Crippen LogP contribution in [0.1, 0.15) is 55.4 Å². The third-order valence-corrected chi connectivity index (χ3v) is 5.76. The lowest BCUT2D eigenvalue weighted by Gasteiger charge is -2.34. The molecule has 0 radical (unpaired) electrons. The van der Waals surface area contributed by atoms with Gasteiger partial charge >= 0.3 is 6.03 Å². The van der Waals surface area contributed by atoms with Crippen LogP contribution >= 0.6 is 0 Å². The van der Waals surface area contributed by atoms with E-state index in [0.717, 1.165) is 42.6 Å². The Morgan fingerprint density at radius 3 is 2.86 bits per heavy atom. The molecule has 0 unspecified atom stereocenters. The van der Waals surface area contributed by atoms with Gasteiger partial charge in [0.05, 0.1) is 24.3 Å². The second-order valence-corrected chi connectivity index (χ2v) is 7.65. The number of hydrogen-bond donors (Lipinski definition) is 2. The number of aromatic nitrogens is 5. The van der Waals surface area contributed by atoms with Crippen LogP contribution in [0.5, 0.6) is 0 Å². The second kappa shape index (κ2) is 7.65. The van der Waals surface area contributed by atoms with Crippen molar-refractivity contribution in [1.82, 2.24) is 35.3 Å². The van der Waals surface area contributed by atoms with Crippen LogP contribution in [-0.2, 0) is 13.0 Å². The standard InChI is InChI=1S/C20H23N7O2/c28-20(24-14-4-2-1-3-5-14)27-11-16-15(22-12-23-16)10-17(27)19-25-18(26-29-19)13-6-8-21-9-7-13/h6-9,12,14,17H,1-5,10-11H2,(H,22,23)(H,24,28)/t17-/m0/s1. The summed E-state index contributed by atoms with van der Waals surface area (Å²) in [6.45, 7) is 0.436. The minimum absolute atomic E-state index is 0.0918. The van der Waals surface area contributed by atoms with Crippen molar-refractivity contribution >= 4 is 6.03 Å². The summed E-state index contributed by atoms with van der Waals surface area (Å²) in [6, 6.07) is 3.45. The number of rotatable bonds is 3. The molecule has 1 saturated carbocycles. The average molecular weight is 393 g/mol. The van der Waals surface area contributed by atoms with Gasteiger partial charge in [-0.05, 0) is 25.0 Å². The quantitative estimate of drug-likeness (QED) is 0.707. The smallest absolute Gasteiger partial charge is 0.318 e. The lowest BCUT2D eigenvalue weighted by Crippen LogP contribution is -2.48. The summed E-state index contributed by atoms with van der Waals surface area (Å²) in [6.07, 6.45) is 11.2. The van der Waals surface area contributed by atoms with E-state index in [9.17, 15) is 4.79 Å². The highest BCUT2D eigenvalue weighted by Gasteiger charge is 2.36. The highest BCUT2D eigenvalue weighted by molar-refractivity contribution is 5.75. The maximum atomic E-state index is 13.1. The zero-order valence-electron chi connectivity index (χ0n) is 16.0. The molecular weight excluding hydrogens is 370 g/mol. The van der Waals surface area contributed by atoms with Crippen LogP contribution in [0.3, 0.4) is 0 Å². The monoisotopic (exact) mass is 393 g/mol. The summed E-state index contributed by atoms with van der Waals surface area (Å²) < 4.78 is 5.58. The third kappa shape index (κ3) is 3.59. The number of aromatic amines is 1. The first-order valence-corrected chi connectivity index (χ1v) is 10.1. The highest BCUT2D eigenvalue weighted by Crippen LogP contribution is 2.32. The molecule has 0 aromatic carbocycles. The van der Waals surface area contributed by atoms with E-state index in [2.05, 4.69) is 30.4 Å². The van der Waals surface area contributed by atoms with Gasteiger partial charge in [-0.15, -0.1) is 0 Å². The van der Waals surface area contributed by atoms with Gasteiger partial charge in [-0.2, -0.15) is 4.98 Å². The number of imidazole rings is 1. The summed E-state index contributed by atoms with van der Waals surface area (Å²) in [5.74, 6) is 0.909. The summed E-state index contributed by atoms with van der Waals surface area (Å²) in [5, 5.41) is 7.32. The number of hydrogen-bond acceptors (Lipinski definition) is 6. The molecule has 9 nitrogen and oxygen atoms in total. The van der Waals surface area contributed by atoms with Crippen LogP contribution in [0.25, 0.3) is 11.4 Å². The third-order valence-electron chi connectivity index (χ3n) is 5.76. The Balaban J connectivity index is 1.41. The number of carbonyl (C=O) groups is 1. The van der Waals surface area contributed by atoms with E-state index in [1.807, 2.05) is 12.1 Å². The van der Waals surface area contributed by atoms with Gasteiger partial charge < -0.3 is 19.7 Å². The lowest BCUT2D eigenvalue weighted by atomic mass is 9.95. The van der Waals surface area contributed by atoms with Gasteiger partial charge in [-0.25, -0.2) is 9.78 Å². The topological polar surface area (TPSA) is 113 Å². The largest absolute Gasteiger partial charge is 0.347 e. The van der Waals surface area contributed by atoms with E-state index in [1.165, 1.54) is 6.42 Å². The van der Waals surface area contributed by atoms with Crippen LogP contribution in [0.2, 0.25) is 0 Å². The maximum absolute atomic E-state index is 13.1. The molecule has 2 N–H and O–H groups in total. The molecule has 3 aromatic rings. The molecule has 1 fully saturated rings. The molecule has 0 bridgehead atoms. The number of nitrogens with one attached hydrogen (secondary N) is 2. The summed E-state index contributed by atoms with van der Waals surface area (Å²) in [7, 11) is 0. The molecule has 3 aromatic heterocycles. The number of nitrogens with zero attached hydrogens (tertiary/aromatic N) is 5. The molecule has 5 rings (SSSR count). The molecule has 1 aliphatic heterocycles. The zero-order chi connectivity index (χ0) is 19.6. The summed E-state index contributed by atoms with van der Waals surface area (Å²) in [5.41, 5.74) is 2.71. The van der Waals surface area contributed by atoms with Crippen molar-refractivity contribution in [2.75, 3.05) is 0 Å². The predicted molar refractivity (Wildman–Crippen MR) is 104 cm³/mol. The Labute approximate surface area is 167 Å². The van der Waals surface area contributed by atoms with Crippen molar-refractivity contribution in [1.29, 1.82) is 0 Å². The Morgan fingerprint density at radius 1 is 1.21 bits per heavy atom. The van der Waals surface area contributed by atoms with Crippen molar-refractivity contribution in [3.05, 3.63) is 48.1 Å². The van der Waals surface area contributed by atoms with Gasteiger partial charge in [0.25, 0.3) is 0 Å². The first-order valence-electron chi connectivity index (χ1n) is 10.1. The second-order valence-electron chi connectivity index (χ2n) is 7.65. The number of fused-ring (bicyclic) bond motifs is 1. The maximum Gasteiger partial charge on any atom is 0.318 e. The SMILES string of the molecule is O=C(NC1CCCCC1)N1Cc2[nH]cnc2C[C@H]1c1nc(-c2ccncc2)no1. The number of carbonyl (C=O) groups excluding carboxylic acids is 1. The Hall–Kier alpha value is -3.23. The van der Waals surface area contributed by atoms with Gasteiger partial charge in [0.1, 0.15) is 6.04 Å². The molecule has 9 heteroatoms. The molecule has 0 spiro atoms. The van der Waals surface area contributed by atoms with Gasteiger partial charge in [-0.3, -0.25) is 4.98 Å². The van der Waals surface area contributed by atoms with Gasteiger partial charge in [0.15, 0.2) is 0 Å². The molecule has 4 heterocycles. The van der Waals surface area contributed by atoms with E-state index < -0.39 is 0 Å². The van der Waals surface area contributed by atoms with E-state index in [4.69, 9.17) is 4.52 Å².